The van der Waals surface area contributed by atoms with Gasteiger partial charge in [-0.1, -0.05) is 0 Å². The molecule has 23 heavy (non-hydrogen) atoms. The van der Waals surface area contributed by atoms with E-state index in [1.165, 1.54) is 17.8 Å². The number of piperidine rings is 1. The molecule has 0 spiro atoms. The smallest absolute Gasteiger partial charge is 0.268 e. The highest BCUT2D eigenvalue weighted by Crippen LogP contribution is 2.47. The van der Waals surface area contributed by atoms with Gasteiger partial charge >= 0.3 is 0 Å². The molecule has 7 heteroatoms. The minimum absolute atomic E-state index is 0.0397. The van der Waals surface area contributed by atoms with Crippen molar-refractivity contribution < 1.29 is 0 Å². The van der Waals surface area contributed by atoms with Crippen LogP contribution in [0.3, 0.4) is 0 Å². The van der Waals surface area contributed by atoms with Crippen LogP contribution in [-0.4, -0.2) is 26.7 Å². The molecule has 118 valence electrons. The van der Waals surface area contributed by atoms with Crippen LogP contribution in [-0.2, 0) is 0 Å². The lowest BCUT2D eigenvalue weighted by Gasteiger charge is -2.21. The van der Waals surface area contributed by atoms with Crippen molar-refractivity contribution in [3.63, 3.8) is 0 Å². The van der Waals surface area contributed by atoms with Gasteiger partial charge in [-0.15, -0.1) is 11.3 Å². The number of fused-ring (bicyclic) bond motifs is 2. The van der Waals surface area contributed by atoms with E-state index >= 15 is 0 Å². The molecule has 1 saturated carbocycles. The summed E-state index contributed by atoms with van der Waals surface area (Å²) in [5.41, 5.74) is 2.78. The largest absolute Gasteiger partial charge is 0.308 e. The topological polar surface area (TPSA) is 86.5 Å². The highest BCUT2D eigenvalue weighted by atomic mass is 32.1. The van der Waals surface area contributed by atoms with Crippen molar-refractivity contribution in [2.45, 2.75) is 25.8 Å². The van der Waals surface area contributed by atoms with Crippen LogP contribution >= 0.6 is 11.3 Å². The number of hydrogen-bond acceptors (Lipinski definition) is 5. The zero-order valence-corrected chi connectivity index (χ0v) is 13.5. The van der Waals surface area contributed by atoms with Crippen LogP contribution in [0.5, 0.6) is 0 Å². The summed E-state index contributed by atoms with van der Waals surface area (Å²) in [6.07, 6.45) is 4.19. The van der Waals surface area contributed by atoms with Crippen molar-refractivity contribution >= 4 is 21.6 Å². The molecule has 4 heterocycles. The van der Waals surface area contributed by atoms with E-state index in [-0.39, 0.29) is 11.6 Å². The van der Waals surface area contributed by atoms with E-state index in [1.54, 1.807) is 6.20 Å². The number of aromatic nitrogens is 4. The van der Waals surface area contributed by atoms with Gasteiger partial charge in [-0.2, -0.15) is 5.10 Å². The quantitative estimate of drug-likeness (QED) is 0.674. The molecular formula is C16H17N5OS. The third-order valence-electron chi connectivity index (χ3n) is 5.06. The van der Waals surface area contributed by atoms with Crippen LogP contribution in [0.25, 0.3) is 20.7 Å². The molecule has 0 radical (unpaired) electrons. The molecular weight excluding hydrogens is 310 g/mol. The molecule has 6 nitrogen and oxygen atoms in total. The zero-order valence-electron chi connectivity index (χ0n) is 12.7. The van der Waals surface area contributed by atoms with Crippen molar-refractivity contribution in [3.05, 3.63) is 34.1 Å². The third kappa shape index (κ3) is 2.14. The van der Waals surface area contributed by atoms with E-state index in [4.69, 9.17) is 4.98 Å². The minimum atomic E-state index is -0.0397. The Balaban J connectivity index is 1.58. The van der Waals surface area contributed by atoms with Crippen molar-refractivity contribution in [2.75, 3.05) is 6.54 Å². The number of H-pyrrole nitrogens is 2. The third-order valence-corrected chi connectivity index (χ3v) is 6.22. The summed E-state index contributed by atoms with van der Waals surface area (Å²) >= 11 is 1.47. The number of hydrogen-bond donors (Lipinski definition) is 3. The molecule has 5 rings (SSSR count). The molecule has 2 unspecified atom stereocenters. The van der Waals surface area contributed by atoms with Gasteiger partial charge in [0.15, 0.2) is 0 Å². The first-order chi connectivity index (χ1) is 11.2. The Labute approximate surface area is 136 Å². The lowest BCUT2D eigenvalue weighted by molar-refractivity contribution is 0.381. The van der Waals surface area contributed by atoms with Crippen LogP contribution in [0.2, 0.25) is 0 Å². The summed E-state index contributed by atoms with van der Waals surface area (Å²) < 4.78 is 0.685. The molecule has 1 aliphatic heterocycles. The van der Waals surface area contributed by atoms with E-state index in [0.29, 0.717) is 4.70 Å². The normalized spacial score (nSPS) is 26.4. The Bertz CT molecular complexity index is 955. The van der Waals surface area contributed by atoms with Gasteiger partial charge < -0.3 is 10.3 Å². The van der Waals surface area contributed by atoms with Crippen molar-refractivity contribution in [1.82, 2.24) is 25.5 Å². The summed E-state index contributed by atoms with van der Waals surface area (Å²) in [6, 6.07) is 2.18. The molecule has 3 aromatic heterocycles. The van der Waals surface area contributed by atoms with E-state index in [0.717, 1.165) is 52.3 Å². The molecule has 0 aromatic carbocycles. The van der Waals surface area contributed by atoms with Crippen molar-refractivity contribution in [2.24, 2.45) is 11.8 Å². The predicted molar refractivity (Wildman–Crippen MR) is 89.5 cm³/mol. The first-order valence-corrected chi connectivity index (χ1v) is 8.78. The van der Waals surface area contributed by atoms with Gasteiger partial charge in [0, 0.05) is 16.1 Å². The Hall–Kier alpha value is -1.99. The maximum absolute atomic E-state index is 12.5. The van der Waals surface area contributed by atoms with Gasteiger partial charge in [0.1, 0.15) is 10.5 Å². The molecule has 1 aliphatic carbocycles. The first kappa shape index (κ1) is 13.4. The van der Waals surface area contributed by atoms with Crippen LogP contribution in [0.4, 0.5) is 0 Å². The monoisotopic (exact) mass is 327 g/mol. The number of rotatable bonds is 2. The second-order valence-corrected chi connectivity index (χ2v) is 7.69. The molecule has 2 fully saturated rings. The summed E-state index contributed by atoms with van der Waals surface area (Å²) in [6.45, 7) is 3.02. The molecule has 3 N–H and O–H groups in total. The molecule has 1 saturated heterocycles. The fourth-order valence-electron chi connectivity index (χ4n) is 3.59. The van der Waals surface area contributed by atoms with Gasteiger partial charge in [0.05, 0.1) is 17.8 Å². The van der Waals surface area contributed by atoms with Gasteiger partial charge in [-0.25, -0.2) is 4.98 Å². The van der Waals surface area contributed by atoms with Gasteiger partial charge in [0.25, 0.3) is 5.56 Å². The van der Waals surface area contributed by atoms with E-state index in [1.807, 2.05) is 13.0 Å². The van der Waals surface area contributed by atoms with Crippen molar-refractivity contribution in [3.8, 4) is 10.4 Å². The van der Waals surface area contributed by atoms with E-state index in [2.05, 4.69) is 20.5 Å². The van der Waals surface area contributed by atoms with Gasteiger partial charge in [0.2, 0.25) is 0 Å². The molecule has 0 bridgehead atoms. The fraction of sp³-hybridized carbons (Fsp3) is 0.438. The number of aromatic amines is 2. The van der Waals surface area contributed by atoms with Crippen molar-refractivity contribution in [1.29, 1.82) is 0 Å². The lowest BCUT2D eigenvalue weighted by Crippen LogP contribution is -2.31. The number of nitrogens with zero attached hydrogens (tertiary/aromatic N) is 2. The fourth-order valence-corrected chi connectivity index (χ4v) is 4.65. The van der Waals surface area contributed by atoms with Crippen LogP contribution in [0, 0.1) is 18.8 Å². The summed E-state index contributed by atoms with van der Waals surface area (Å²) in [5, 5.41) is 10.5. The highest BCUT2D eigenvalue weighted by molar-refractivity contribution is 7.22. The van der Waals surface area contributed by atoms with E-state index < -0.39 is 0 Å². The predicted octanol–water partition coefficient (Wildman–Crippen LogP) is 2.35. The maximum Gasteiger partial charge on any atom is 0.268 e. The van der Waals surface area contributed by atoms with Crippen LogP contribution in [0.1, 0.15) is 30.4 Å². The molecule has 3 atom stereocenters. The number of thiophene rings is 1. The molecule has 0 amide bonds. The second-order valence-electron chi connectivity index (χ2n) is 6.64. The number of aryl methyl sites for hydroxylation is 1. The molecule has 2 aliphatic rings. The van der Waals surface area contributed by atoms with Crippen LogP contribution < -0.4 is 10.9 Å². The Kier molecular flexibility index (Phi) is 2.78. The highest BCUT2D eigenvalue weighted by Gasteiger charge is 2.42. The lowest BCUT2D eigenvalue weighted by atomic mass is 10.0. The average molecular weight is 327 g/mol. The van der Waals surface area contributed by atoms with Gasteiger partial charge in [-0.3, -0.25) is 9.89 Å². The van der Waals surface area contributed by atoms with Crippen LogP contribution in [0.15, 0.2) is 17.1 Å². The summed E-state index contributed by atoms with van der Waals surface area (Å²) in [5.74, 6) is 2.44. The summed E-state index contributed by atoms with van der Waals surface area (Å²) in [4.78, 5) is 21.2. The first-order valence-electron chi connectivity index (χ1n) is 7.96. The zero-order chi connectivity index (χ0) is 15.6. The Morgan fingerprint density at radius 1 is 1.30 bits per heavy atom. The second kappa shape index (κ2) is 4.75. The number of nitrogens with one attached hydrogen (secondary N) is 3. The van der Waals surface area contributed by atoms with Gasteiger partial charge in [-0.05, 0) is 44.2 Å². The Morgan fingerprint density at radius 3 is 3.00 bits per heavy atom. The standard InChI is InChI=1S/C16H17N5OS/c1-7-10(6-18-21-7)13-4-11-14(23-13)16(22)20-15(19-11)12-3-8-2-9(8)5-17-12/h4,6,8-9,12,17H,2-3,5H2,1H3,(H,18,21)(H,19,20,22)/t8?,9-,12?/m1/s1. The van der Waals surface area contributed by atoms with E-state index in [9.17, 15) is 4.79 Å². The maximum atomic E-state index is 12.5. The summed E-state index contributed by atoms with van der Waals surface area (Å²) in [7, 11) is 0. The molecule has 3 aromatic rings. The minimum Gasteiger partial charge on any atom is -0.308 e. The Morgan fingerprint density at radius 2 is 2.22 bits per heavy atom. The average Bonchev–Trinajstić information content (AvgIpc) is 2.98. The SMILES string of the molecule is Cc1[nH]ncc1-c1cc2nc(C3CC4C[C@@H]4CN3)[nH]c(=O)c2s1.